The Bertz CT molecular complexity index is 1050. The molecule has 3 nitrogen and oxygen atoms in total. The Hall–Kier alpha value is -3.21. The predicted octanol–water partition coefficient (Wildman–Crippen LogP) is 5.88. The van der Waals surface area contributed by atoms with Gasteiger partial charge in [-0.2, -0.15) is 0 Å². The maximum atomic E-state index is 13.4. The number of rotatable bonds is 7. The van der Waals surface area contributed by atoms with E-state index in [9.17, 15) is 13.6 Å². The summed E-state index contributed by atoms with van der Waals surface area (Å²) in [6, 6.07) is 21.8. The molecular weight excluding hydrogens is 408 g/mol. The summed E-state index contributed by atoms with van der Waals surface area (Å²) in [5.41, 5.74) is 2.84. The summed E-state index contributed by atoms with van der Waals surface area (Å²) in [7, 11) is 0. The lowest BCUT2D eigenvalue weighted by Crippen LogP contribution is -2.41. The first-order chi connectivity index (χ1) is 15.6. The number of benzene rings is 3. The molecule has 5 heteroatoms. The van der Waals surface area contributed by atoms with E-state index in [1.165, 1.54) is 12.1 Å². The van der Waals surface area contributed by atoms with Gasteiger partial charge in [-0.1, -0.05) is 54.6 Å². The van der Waals surface area contributed by atoms with Crippen LogP contribution in [-0.4, -0.2) is 30.5 Å². The number of hydrogen-bond acceptors (Lipinski definition) is 2. The predicted molar refractivity (Wildman–Crippen MR) is 121 cm³/mol. The van der Waals surface area contributed by atoms with Crippen molar-refractivity contribution in [2.24, 2.45) is 5.92 Å². The van der Waals surface area contributed by atoms with Gasteiger partial charge in [-0.15, -0.1) is 0 Å². The van der Waals surface area contributed by atoms with Gasteiger partial charge in [-0.3, -0.25) is 4.79 Å². The van der Waals surface area contributed by atoms with Crippen LogP contribution in [0.5, 0.6) is 5.75 Å². The number of likely N-dealkylation sites (tertiary alicyclic amines) is 1. The fourth-order valence-corrected chi connectivity index (χ4v) is 4.22. The molecule has 0 atom stereocenters. The molecule has 1 fully saturated rings. The molecule has 0 radical (unpaired) electrons. The van der Waals surface area contributed by atoms with Crippen LogP contribution >= 0.6 is 0 Å². The molecule has 32 heavy (non-hydrogen) atoms. The maximum Gasteiger partial charge on any atom is 0.260 e. The lowest BCUT2D eigenvalue weighted by atomic mass is 9.90. The van der Waals surface area contributed by atoms with Gasteiger partial charge in [0.15, 0.2) is 18.2 Å². The molecule has 0 aliphatic carbocycles. The van der Waals surface area contributed by atoms with Crippen LogP contribution in [0.4, 0.5) is 8.78 Å². The van der Waals surface area contributed by atoms with Crippen molar-refractivity contribution in [1.82, 2.24) is 4.90 Å². The van der Waals surface area contributed by atoms with Crippen LogP contribution in [0.1, 0.15) is 24.8 Å². The quantitative estimate of drug-likeness (QED) is 0.464. The highest BCUT2D eigenvalue weighted by molar-refractivity contribution is 5.78. The third kappa shape index (κ3) is 5.52. The van der Waals surface area contributed by atoms with Crippen LogP contribution in [0.15, 0.2) is 72.8 Å². The number of carbonyl (C=O) groups excluding carboxylic acids is 1. The summed E-state index contributed by atoms with van der Waals surface area (Å²) < 4.78 is 32.3. The molecule has 0 saturated carbocycles. The van der Waals surface area contributed by atoms with Crippen molar-refractivity contribution in [3.63, 3.8) is 0 Å². The minimum Gasteiger partial charge on any atom is -0.483 e. The van der Waals surface area contributed by atoms with E-state index in [1.807, 2.05) is 59.5 Å². The molecule has 0 aromatic heterocycles. The zero-order chi connectivity index (χ0) is 22.3. The highest BCUT2D eigenvalue weighted by Gasteiger charge is 2.23. The Kier molecular flexibility index (Phi) is 7.15. The molecule has 0 unspecified atom stereocenters. The number of halogens is 2. The van der Waals surface area contributed by atoms with Gasteiger partial charge in [0.1, 0.15) is 5.75 Å². The van der Waals surface area contributed by atoms with Crippen LogP contribution in [0, 0.1) is 17.6 Å². The fourth-order valence-electron chi connectivity index (χ4n) is 4.22. The van der Waals surface area contributed by atoms with E-state index < -0.39 is 11.6 Å². The molecule has 166 valence electrons. The van der Waals surface area contributed by atoms with Crippen molar-refractivity contribution in [3.8, 4) is 16.9 Å². The molecule has 1 aliphatic rings. The molecule has 0 N–H and O–H groups in total. The molecule has 1 heterocycles. The molecule has 1 aliphatic heterocycles. The van der Waals surface area contributed by atoms with Gasteiger partial charge in [0.25, 0.3) is 5.91 Å². The molecule has 1 amide bonds. The van der Waals surface area contributed by atoms with Crippen molar-refractivity contribution in [1.29, 1.82) is 0 Å². The molecule has 0 bridgehead atoms. The Morgan fingerprint density at radius 1 is 0.906 bits per heavy atom. The Morgan fingerprint density at radius 2 is 1.62 bits per heavy atom. The second-order valence-electron chi connectivity index (χ2n) is 8.26. The lowest BCUT2D eigenvalue weighted by molar-refractivity contribution is -0.134. The van der Waals surface area contributed by atoms with Gasteiger partial charge in [0, 0.05) is 18.7 Å². The van der Waals surface area contributed by atoms with E-state index in [4.69, 9.17) is 4.74 Å². The summed E-state index contributed by atoms with van der Waals surface area (Å²) in [4.78, 5) is 14.6. The van der Waals surface area contributed by atoms with E-state index in [0.717, 1.165) is 42.4 Å². The second kappa shape index (κ2) is 10.4. The number of hydrogen-bond donors (Lipinski definition) is 0. The number of amides is 1. The monoisotopic (exact) mass is 435 g/mol. The summed E-state index contributed by atoms with van der Waals surface area (Å²) in [5, 5.41) is 0. The average molecular weight is 436 g/mol. The van der Waals surface area contributed by atoms with Gasteiger partial charge in [0.05, 0.1) is 0 Å². The standard InChI is InChI=1S/C27H27F2NO2/c28-24-13-12-21(18-25(24)29)11-10-20-14-16-30(17-15-20)27(31)19-32-26-9-5-4-8-23(26)22-6-2-1-3-7-22/h1-9,12-13,18,20H,10-11,14-17,19H2. The highest BCUT2D eigenvalue weighted by atomic mass is 19.2. The van der Waals surface area contributed by atoms with Gasteiger partial charge >= 0.3 is 0 Å². The van der Waals surface area contributed by atoms with Crippen molar-refractivity contribution in [3.05, 3.63) is 90.0 Å². The van der Waals surface area contributed by atoms with Crippen LogP contribution in [0.2, 0.25) is 0 Å². The smallest absolute Gasteiger partial charge is 0.260 e. The van der Waals surface area contributed by atoms with Crippen LogP contribution in [0.3, 0.4) is 0 Å². The highest BCUT2D eigenvalue weighted by Crippen LogP contribution is 2.30. The van der Waals surface area contributed by atoms with Crippen molar-refractivity contribution < 1.29 is 18.3 Å². The van der Waals surface area contributed by atoms with E-state index in [2.05, 4.69) is 0 Å². The zero-order valence-corrected chi connectivity index (χ0v) is 18.0. The number of nitrogens with zero attached hydrogens (tertiary/aromatic N) is 1. The van der Waals surface area contributed by atoms with Gasteiger partial charge in [-0.05, 0) is 60.9 Å². The molecule has 3 aromatic carbocycles. The third-order valence-electron chi connectivity index (χ3n) is 6.12. The summed E-state index contributed by atoms with van der Waals surface area (Å²) >= 11 is 0. The average Bonchev–Trinajstić information content (AvgIpc) is 2.84. The van der Waals surface area contributed by atoms with E-state index in [1.54, 1.807) is 6.07 Å². The Balaban J connectivity index is 1.25. The SMILES string of the molecule is O=C(COc1ccccc1-c1ccccc1)N1CCC(CCc2ccc(F)c(F)c2)CC1. The maximum absolute atomic E-state index is 13.4. The zero-order valence-electron chi connectivity index (χ0n) is 18.0. The largest absolute Gasteiger partial charge is 0.483 e. The Labute approximate surface area is 187 Å². The molecular formula is C27H27F2NO2. The first-order valence-corrected chi connectivity index (χ1v) is 11.1. The van der Waals surface area contributed by atoms with Crippen LogP contribution < -0.4 is 4.74 Å². The van der Waals surface area contributed by atoms with Crippen LogP contribution in [0.25, 0.3) is 11.1 Å². The van der Waals surface area contributed by atoms with Crippen molar-refractivity contribution in [2.45, 2.75) is 25.7 Å². The first-order valence-electron chi connectivity index (χ1n) is 11.1. The van der Waals surface area contributed by atoms with Crippen molar-refractivity contribution in [2.75, 3.05) is 19.7 Å². The summed E-state index contributed by atoms with van der Waals surface area (Å²) in [6.45, 7) is 1.42. The summed E-state index contributed by atoms with van der Waals surface area (Å²) in [6.07, 6.45) is 3.45. The number of carbonyl (C=O) groups is 1. The minimum absolute atomic E-state index is 0.00748. The first kappa shape index (κ1) is 22.0. The molecule has 3 aromatic rings. The van der Waals surface area contributed by atoms with Gasteiger partial charge < -0.3 is 9.64 Å². The third-order valence-corrected chi connectivity index (χ3v) is 6.12. The van der Waals surface area contributed by atoms with E-state index in [-0.39, 0.29) is 12.5 Å². The molecule has 0 spiro atoms. The van der Waals surface area contributed by atoms with Gasteiger partial charge in [0.2, 0.25) is 0 Å². The van der Waals surface area contributed by atoms with Gasteiger partial charge in [-0.25, -0.2) is 8.78 Å². The van der Waals surface area contributed by atoms with E-state index >= 15 is 0 Å². The fraction of sp³-hybridized carbons (Fsp3) is 0.296. The Morgan fingerprint density at radius 3 is 2.38 bits per heavy atom. The number of piperidine rings is 1. The topological polar surface area (TPSA) is 29.5 Å². The summed E-state index contributed by atoms with van der Waals surface area (Å²) in [5.74, 6) is -0.432. The number of para-hydroxylation sites is 1. The number of ether oxygens (including phenoxy) is 1. The second-order valence-corrected chi connectivity index (χ2v) is 8.26. The normalized spacial score (nSPS) is 14.4. The minimum atomic E-state index is -0.811. The van der Waals surface area contributed by atoms with E-state index in [0.29, 0.717) is 24.8 Å². The lowest BCUT2D eigenvalue weighted by Gasteiger charge is -2.32. The molecule has 1 saturated heterocycles. The van der Waals surface area contributed by atoms with Crippen molar-refractivity contribution >= 4 is 5.91 Å². The number of aryl methyl sites for hydroxylation is 1. The van der Waals surface area contributed by atoms with Crippen LogP contribution in [-0.2, 0) is 11.2 Å². The molecule has 4 rings (SSSR count).